The summed E-state index contributed by atoms with van der Waals surface area (Å²) in [6, 6.07) is 1.93. The predicted molar refractivity (Wildman–Crippen MR) is 56.9 cm³/mol. The molecule has 0 aliphatic heterocycles. The molecule has 0 amide bonds. The number of azide groups is 1. The van der Waals surface area contributed by atoms with Crippen LogP contribution in [0, 0.1) is 0 Å². The molecule has 0 aliphatic rings. The van der Waals surface area contributed by atoms with Gasteiger partial charge in [0.1, 0.15) is 0 Å². The highest BCUT2D eigenvalue weighted by molar-refractivity contribution is 5.72. The van der Waals surface area contributed by atoms with Gasteiger partial charge in [-0.15, -0.1) is 0 Å². The Kier molecular flexibility index (Phi) is 2.62. The van der Waals surface area contributed by atoms with Crippen LogP contribution in [0.25, 0.3) is 27.7 Å². The van der Waals surface area contributed by atoms with Crippen LogP contribution in [0.4, 0.5) is 0 Å². The zero-order valence-electron chi connectivity index (χ0n) is 7.83. The summed E-state index contributed by atoms with van der Waals surface area (Å²) in [4.78, 5) is 13.8. The third kappa shape index (κ3) is 2.12. The van der Waals surface area contributed by atoms with Crippen LogP contribution in [0.5, 0.6) is 0 Å². The molecule has 15 heavy (non-hydrogen) atoms. The molecule has 6 nitrogen and oxygen atoms in total. The lowest BCUT2D eigenvalue weighted by Crippen LogP contribution is -1.79. The number of rotatable bonds is 3. The van der Waals surface area contributed by atoms with Crippen molar-refractivity contribution in [2.45, 2.75) is 0 Å². The third-order valence-corrected chi connectivity index (χ3v) is 1.86. The number of nitrogens with zero attached hydrogens (tertiary/aromatic N) is 5. The van der Waals surface area contributed by atoms with Gasteiger partial charge in [0.25, 0.3) is 0 Å². The van der Waals surface area contributed by atoms with Crippen molar-refractivity contribution in [3.63, 3.8) is 0 Å². The summed E-state index contributed by atoms with van der Waals surface area (Å²) >= 11 is 0. The fraction of sp³-hybridized carbons (Fsp3) is 0.111. The van der Waals surface area contributed by atoms with Gasteiger partial charge in [0, 0.05) is 17.7 Å². The third-order valence-electron chi connectivity index (χ3n) is 1.86. The van der Waals surface area contributed by atoms with Gasteiger partial charge in [0.15, 0.2) is 5.65 Å². The van der Waals surface area contributed by atoms with Crippen LogP contribution < -0.4 is 0 Å². The first-order chi connectivity index (χ1) is 7.40. The fourth-order valence-electron chi connectivity index (χ4n) is 1.21. The lowest BCUT2D eigenvalue weighted by molar-refractivity contribution is 1.22. The molecule has 6 heteroatoms. The molecule has 0 spiro atoms. The summed E-state index contributed by atoms with van der Waals surface area (Å²) in [5, 5.41) is 3.39. The molecular formula is C9H8N6. The molecule has 0 fully saturated rings. The van der Waals surface area contributed by atoms with Crippen LogP contribution in [0.1, 0.15) is 5.56 Å². The molecule has 0 aliphatic carbocycles. The first-order valence-electron chi connectivity index (χ1n) is 4.36. The van der Waals surface area contributed by atoms with Crippen LogP contribution in [0.3, 0.4) is 0 Å². The van der Waals surface area contributed by atoms with Crippen molar-refractivity contribution < 1.29 is 0 Å². The molecule has 2 aromatic rings. The van der Waals surface area contributed by atoms with E-state index in [1.54, 1.807) is 18.6 Å². The molecule has 1 N–H and O–H groups in total. The largest absolute Gasteiger partial charge is 0.343 e. The topological polar surface area (TPSA) is 90.3 Å². The molecule has 0 aromatic carbocycles. The molecule has 74 valence electrons. The van der Waals surface area contributed by atoms with Gasteiger partial charge in [-0.25, -0.2) is 9.97 Å². The summed E-state index contributed by atoms with van der Waals surface area (Å²) in [5.74, 6) is 0. The number of H-pyrrole nitrogens is 1. The van der Waals surface area contributed by atoms with E-state index in [1.165, 1.54) is 0 Å². The maximum absolute atomic E-state index is 8.08. The summed E-state index contributed by atoms with van der Waals surface area (Å²) in [5.41, 5.74) is 10.6. The zero-order valence-corrected chi connectivity index (χ0v) is 7.83. The van der Waals surface area contributed by atoms with Gasteiger partial charge in [-0.05, 0) is 17.2 Å². The average molecular weight is 200 g/mol. The molecule has 0 saturated heterocycles. The number of pyridine rings is 1. The van der Waals surface area contributed by atoms with Gasteiger partial charge >= 0.3 is 0 Å². The molecule has 0 radical (unpaired) electrons. The van der Waals surface area contributed by atoms with Crippen LogP contribution >= 0.6 is 0 Å². The molecule has 0 unspecified atom stereocenters. The zero-order chi connectivity index (χ0) is 10.5. The molecule has 0 atom stereocenters. The van der Waals surface area contributed by atoms with E-state index in [0.29, 0.717) is 12.2 Å². The Balaban J connectivity index is 2.20. The lowest BCUT2D eigenvalue weighted by atomic mass is 10.2. The number of imidazole rings is 1. The van der Waals surface area contributed by atoms with Crippen molar-refractivity contribution in [3.05, 3.63) is 40.7 Å². The average Bonchev–Trinajstić information content (AvgIpc) is 2.71. The molecule has 2 heterocycles. The van der Waals surface area contributed by atoms with E-state index in [2.05, 4.69) is 25.0 Å². The summed E-state index contributed by atoms with van der Waals surface area (Å²) in [7, 11) is 0. The summed E-state index contributed by atoms with van der Waals surface area (Å²) < 4.78 is 0. The highest BCUT2D eigenvalue weighted by atomic mass is 15.1. The highest BCUT2D eigenvalue weighted by Crippen LogP contribution is 2.09. The van der Waals surface area contributed by atoms with Crippen LogP contribution in [-0.4, -0.2) is 21.5 Å². The summed E-state index contributed by atoms with van der Waals surface area (Å²) in [6.45, 7) is 0.345. The molecule has 0 saturated carbocycles. The molecule has 0 bridgehead atoms. The highest BCUT2D eigenvalue weighted by Gasteiger charge is 1.96. The van der Waals surface area contributed by atoms with E-state index in [1.807, 2.05) is 12.1 Å². The van der Waals surface area contributed by atoms with Crippen molar-refractivity contribution in [1.82, 2.24) is 15.0 Å². The fourth-order valence-corrected chi connectivity index (χ4v) is 1.21. The Hall–Kier alpha value is -2.33. The molecule has 2 rings (SSSR count). The first-order valence-corrected chi connectivity index (χ1v) is 4.36. The van der Waals surface area contributed by atoms with E-state index >= 15 is 0 Å². The van der Waals surface area contributed by atoms with Crippen LogP contribution in [-0.2, 0) is 0 Å². The standard InChI is InChI=1S/C9H8N6/c10-15-14-3-1-2-7-4-8-9(11-5-7)13-6-12-8/h1-2,4-6H,3H2,(H,11,12,13). The van der Waals surface area contributed by atoms with Crippen molar-refractivity contribution in [1.29, 1.82) is 0 Å². The van der Waals surface area contributed by atoms with E-state index in [4.69, 9.17) is 5.53 Å². The second-order valence-corrected chi connectivity index (χ2v) is 2.86. The van der Waals surface area contributed by atoms with Crippen molar-refractivity contribution in [2.75, 3.05) is 6.54 Å². The van der Waals surface area contributed by atoms with E-state index in [9.17, 15) is 0 Å². The van der Waals surface area contributed by atoms with Crippen molar-refractivity contribution in [3.8, 4) is 0 Å². The SMILES string of the molecule is [N-]=[N+]=NCC=Cc1cnc2nc[nH]c2c1. The van der Waals surface area contributed by atoms with E-state index < -0.39 is 0 Å². The van der Waals surface area contributed by atoms with Gasteiger partial charge in [-0.2, -0.15) is 0 Å². The number of hydrogen-bond acceptors (Lipinski definition) is 3. The van der Waals surface area contributed by atoms with Gasteiger partial charge in [-0.1, -0.05) is 17.3 Å². The predicted octanol–water partition coefficient (Wildman–Crippen LogP) is 2.28. The minimum atomic E-state index is 0.345. The van der Waals surface area contributed by atoms with E-state index in [-0.39, 0.29) is 0 Å². The Morgan fingerprint density at radius 3 is 3.33 bits per heavy atom. The Labute approximate surface area is 85.3 Å². The van der Waals surface area contributed by atoms with Crippen molar-refractivity contribution in [2.24, 2.45) is 5.11 Å². The quantitative estimate of drug-likeness (QED) is 0.467. The second kappa shape index (κ2) is 4.26. The summed E-state index contributed by atoms with van der Waals surface area (Å²) in [6.07, 6.45) is 6.95. The Morgan fingerprint density at radius 2 is 2.47 bits per heavy atom. The maximum Gasteiger partial charge on any atom is 0.177 e. The number of aromatic amines is 1. The van der Waals surface area contributed by atoms with Gasteiger partial charge < -0.3 is 4.98 Å². The monoisotopic (exact) mass is 200 g/mol. The molecule has 2 aromatic heterocycles. The number of hydrogen-bond donors (Lipinski definition) is 1. The van der Waals surface area contributed by atoms with Gasteiger partial charge in [-0.3, -0.25) is 0 Å². The lowest BCUT2D eigenvalue weighted by Gasteiger charge is -1.91. The van der Waals surface area contributed by atoms with Gasteiger partial charge in [0.05, 0.1) is 11.8 Å². The second-order valence-electron chi connectivity index (χ2n) is 2.86. The normalized spacial score (nSPS) is 10.7. The van der Waals surface area contributed by atoms with E-state index in [0.717, 1.165) is 11.1 Å². The minimum Gasteiger partial charge on any atom is -0.343 e. The van der Waals surface area contributed by atoms with Crippen LogP contribution in [0.15, 0.2) is 29.8 Å². The minimum absolute atomic E-state index is 0.345. The Morgan fingerprint density at radius 1 is 1.53 bits per heavy atom. The van der Waals surface area contributed by atoms with Crippen LogP contribution in [0.2, 0.25) is 0 Å². The Bertz CT molecular complexity index is 534. The van der Waals surface area contributed by atoms with Crippen molar-refractivity contribution >= 4 is 17.2 Å². The molecular weight excluding hydrogens is 192 g/mol. The number of nitrogens with one attached hydrogen (secondary N) is 1. The first kappa shape index (κ1) is 9.23. The number of aromatic nitrogens is 3. The van der Waals surface area contributed by atoms with Gasteiger partial charge in [0.2, 0.25) is 0 Å². The maximum atomic E-state index is 8.08. The number of fused-ring (bicyclic) bond motifs is 1. The smallest absolute Gasteiger partial charge is 0.177 e.